The van der Waals surface area contributed by atoms with Gasteiger partial charge in [-0.1, -0.05) is 92.7 Å². The largest absolute Gasteiger partial charge is 0.346 e. The van der Waals surface area contributed by atoms with Crippen LogP contribution in [0.1, 0.15) is 25.0 Å². The Morgan fingerprint density at radius 2 is 1.42 bits per heavy atom. The molecule has 2 heterocycles. The first-order chi connectivity index (χ1) is 16.1. The molecule has 5 nitrogen and oxygen atoms in total. The number of imidazole rings is 1. The SMILES string of the molecule is CC(C)Cn1c(=O)[nH]c2c(N(Cc3ccccc3)Cc3ccccc3)nc3ccccc3c21. The van der Waals surface area contributed by atoms with Crippen molar-refractivity contribution in [2.75, 3.05) is 4.90 Å². The van der Waals surface area contributed by atoms with E-state index >= 15 is 0 Å². The summed E-state index contributed by atoms with van der Waals surface area (Å²) in [5, 5.41) is 0.995. The molecule has 0 saturated carbocycles. The van der Waals surface area contributed by atoms with Gasteiger partial charge in [-0.3, -0.25) is 4.57 Å². The highest BCUT2D eigenvalue weighted by atomic mass is 16.1. The molecule has 0 unspecified atom stereocenters. The third-order valence-electron chi connectivity index (χ3n) is 5.87. The van der Waals surface area contributed by atoms with Gasteiger partial charge in [0.05, 0.1) is 11.0 Å². The molecule has 0 radical (unpaired) electrons. The molecule has 0 bridgehead atoms. The summed E-state index contributed by atoms with van der Waals surface area (Å²) < 4.78 is 1.87. The molecule has 5 heteroatoms. The highest BCUT2D eigenvalue weighted by molar-refractivity contribution is 6.06. The van der Waals surface area contributed by atoms with Crippen molar-refractivity contribution in [1.29, 1.82) is 0 Å². The Balaban J connectivity index is 1.73. The van der Waals surface area contributed by atoms with Crippen molar-refractivity contribution in [2.45, 2.75) is 33.5 Å². The Hall–Kier alpha value is -3.86. The maximum atomic E-state index is 13.1. The zero-order valence-electron chi connectivity index (χ0n) is 19.0. The number of nitrogens with one attached hydrogen (secondary N) is 1. The Morgan fingerprint density at radius 1 is 0.848 bits per heavy atom. The lowest BCUT2D eigenvalue weighted by atomic mass is 10.1. The molecule has 5 rings (SSSR count). The van der Waals surface area contributed by atoms with Crippen LogP contribution in [0.2, 0.25) is 0 Å². The topological polar surface area (TPSA) is 53.9 Å². The number of hydrogen-bond acceptors (Lipinski definition) is 3. The molecular weight excluding hydrogens is 408 g/mol. The molecule has 0 saturated heterocycles. The van der Waals surface area contributed by atoms with E-state index < -0.39 is 0 Å². The van der Waals surface area contributed by atoms with Crippen LogP contribution < -0.4 is 10.6 Å². The summed E-state index contributed by atoms with van der Waals surface area (Å²) in [5.74, 6) is 1.15. The van der Waals surface area contributed by atoms with Gasteiger partial charge in [0, 0.05) is 25.0 Å². The number of pyridine rings is 1. The Kier molecular flexibility index (Phi) is 5.69. The molecule has 0 aliphatic rings. The van der Waals surface area contributed by atoms with E-state index in [2.05, 4.69) is 78.3 Å². The molecule has 0 atom stereocenters. The minimum Gasteiger partial charge on any atom is -0.346 e. The maximum absolute atomic E-state index is 13.1. The van der Waals surface area contributed by atoms with Gasteiger partial charge in [-0.15, -0.1) is 0 Å². The number of nitrogens with zero attached hydrogens (tertiary/aromatic N) is 3. The molecular formula is C28H28N4O. The van der Waals surface area contributed by atoms with E-state index in [0.29, 0.717) is 25.6 Å². The van der Waals surface area contributed by atoms with Gasteiger partial charge in [-0.25, -0.2) is 9.78 Å². The van der Waals surface area contributed by atoms with E-state index in [1.165, 1.54) is 11.1 Å². The minimum absolute atomic E-state index is 0.0857. The molecule has 33 heavy (non-hydrogen) atoms. The second-order valence-corrected chi connectivity index (χ2v) is 8.94. The van der Waals surface area contributed by atoms with E-state index in [4.69, 9.17) is 4.98 Å². The molecule has 0 aliphatic heterocycles. The normalized spacial score (nSPS) is 11.5. The Labute approximate surface area is 193 Å². The van der Waals surface area contributed by atoms with Crippen LogP contribution in [0.3, 0.4) is 0 Å². The first kappa shape index (κ1) is 21.0. The van der Waals surface area contributed by atoms with Crippen molar-refractivity contribution in [1.82, 2.24) is 14.5 Å². The van der Waals surface area contributed by atoms with Gasteiger partial charge in [-0.05, 0) is 23.1 Å². The van der Waals surface area contributed by atoms with Crippen LogP contribution in [-0.2, 0) is 19.6 Å². The van der Waals surface area contributed by atoms with E-state index in [1.807, 2.05) is 34.9 Å². The third kappa shape index (κ3) is 4.27. The van der Waals surface area contributed by atoms with Crippen LogP contribution in [0, 0.1) is 5.92 Å². The Morgan fingerprint density at radius 3 is 2.03 bits per heavy atom. The summed E-state index contributed by atoms with van der Waals surface area (Å²) in [6, 6.07) is 28.9. The zero-order chi connectivity index (χ0) is 22.8. The summed E-state index contributed by atoms with van der Waals surface area (Å²) in [6.45, 7) is 6.30. The lowest BCUT2D eigenvalue weighted by Crippen LogP contribution is -2.23. The fraction of sp³-hybridized carbons (Fsp3) is 0.214. The van der Waals surface area contributed by atoms with Gasteiger partial charge >= 0.3 is 5.69 Å². The molecule has 0 spiro atoms. The van der Waals surface area contributed by atoms with E-state index in [1.54, 1.807) is 0 Å². The standard InChI is InChI=1S/C28H28N4O/c1-20(2)17-32-26-23-15-9-10-16-24(23)29-27(25(26)30-28(32)33)31(18-21-11-5-3-6-12-21)19-22-13-7-4-8-14-22/h3-16,20H,17-19H2,1-2H3,(H,30,33). The molecule has 0 aliphatic carbocycles. The summed E-state index contributed by atoms with van der Waals surface area (Å²) in [5.41, 5.74) is 4.92. The van der Waals surface area contributed by atoms with Crippen molar-refractivity contribution >= 4 is 27.8 Å². The fourth-order valence-electron chi connectivity index (χ4n) is 4.43. The molecule has 5 aromatic rings. The van der Waals surface area contributed by atoms with Crippen LogP contribution in [0.25, 0.3) is 21.9 Å². The predicted octanol–water partition coefficient (Wildman–Crippen LogP) is 5.74. The number of fused-ring (bicyclic) bond motifs is 3. The van der Waals surface area contributed by atoms with Gasteiger partial charge in [0.2, 0.25) is 0 Å². The molecule has 0 fully saturated rings. The molecule has 1 N–H and O–H groups in total. The van der Waals surface area contributed by atoms with Crippen molar-refractivity contribution in [3.63, 3.8) is 0 Å². The number of hydrogen-bond donors (Lipinski definition) is 1. The summed E-state index contributed by atoms with van der Waals surface area (Å²) in [7, 11) is 0. The summed E-state index contributed by atoms with van der Waals surface area (Å²) in [4.78, 5) is 23.5. The maximum Gasteiger partial charge on any atom is 0.326 e. The lowest BCUT2D eigenvalue weighted by molar-refractivity contribution is 0.523. The average Bonchev–Trinajstić information content (AvgIpc) is 3.15. The number of benzene rings is 3. The molecule has 3 aromatic carbocycles. The zero-order valence-corrected chi connectivity index (χ0v) is 19.0. The van der Waals surface area contributed by atoms with E-state index in [9.17, 15) is 4.79 Å². The molecule has 166 valence electrons. The van der Waals surface area contributed by atoms with Gasteiger partial charge in [0.1, 0.15) is 5.52 Å². The monoisotopic (exact) mass is 436 g/mol. The van der Waals surface area contributed by atoms with Crippen molar-refractivity contribution < 1.29 is 0 Å². The second-order valence-electron chi connectivity index (χ2n) is 8.94. The first-order valence-electron chi connectivity index (χ1n) is 11.4. The van der Waals surface area contributed by atoms with Gasteiger partial charge in [-0.2, -0.15) is 0 Å². The second kappa shape index (κ2) is 8.94. The van der Waals surface area contributed by atoms with Gasteiger partial charge in [0.15, 0.2) is 5.82 Å². The van der Waals surface area contributed by atoms with Gasteiger partial charge in [0.25, 0.3) is 0 Å². The first-order valence-corrected chi connectivity index (χ1v) is 11.4. The number of aromatic amines is 1. The van der Waals surface area contributed by atoms with Crippen LogP contribution in [0.4, 0.5) is 5.82 Å². The summed E-state index contributed by atoms with van der Waals surface area (Å²) >= 11 is 0. The van der Waals surface area contributed by atoms with Crippen LogP contribution >= 0.6 is 0 Å². The summed E-state index contributed by atoms with van der Waals surface area (Å²) in [6.07, 6.45) is 0. The third-order valence-corrected chi connectivity index (χ3v) is 5.87. The van der Waals surface area contributed by atoms with Crippen LogP contribution in [0.15, 0.2) is 89.7 Å². The van der Waals surface area contributed by atoms with Gasteiger partial charge < -0.3 is 9.88 Å². The van der Waals surface area contributed by atoms with E-state index in [0.717, 1.165) is 27.8 Å². The lowest BCUT2D eigenvalue weighted by Gasteiger charge is -2.25. The average molecular weight is 437 g/mol. The van der Waals surface area contributed by atoms with Crippen LogP contribution in [0.5, 0.6) is 0 Å². The fourth-order valence-corrected chi connectivity index (χ4v) is 4.43. The van der Waals surface area contributed by atoms with Crippen molar-refractivity contribution in [3.05, 3.63) is 107 Å². The highest BCUT2D eigenvalue weighted by Crippen LogP contribution is 2.31. The van der Waals surface area contributed by atoms with Crippen molar-refractivity contribution in [2.24, 2.45) is 5.92 Å². The van der Waals surface area contributed by atoms with E-state index in [-0.39, 0.29) is 5.69 Å². The minimum atomic E-state index is -0.0857. The predicted molar refractivity (Wildman–Crippen MR) is 135 cm³/mol. The molecule has 2 aromatic heterocycles. The number of H-pyrrole nitrogens is 1. The molecule has 0 amide bonds. The van der Waals surface area contributed by atoms with Crippen molar-refractivity contribution in [3.8, 4) is 0 Å². The number of aromatic nitrogens is 3. The Bertz CT molecular complexity index is 1390. The van der Waals surface area contributed by atoms with Crippen LogP contribution in [-0.4, -0.2) is 14.5 Å². The smallest absolute Gasteiger partial charge is 0.326 e. The quantitative estimate of drug-likeness (QED) is 0.354. The highest BCUT2D eigenvalue weighted by Gasteiger charge is 2.21. The number of para-hydroxylation sites is 1. The number of rotatable bonds is 7. The number of anilines is 1.